The summed E-state index contributed by atoms with van der Waals surface area (Å²) in [5.74, 6) is 0.0770. The molecule has 0 radical (unpaired) electrons. The third kappa shape index (κ3) is 3.20. The van der Waals surface area contributed by atoms with Crippen LogP contribution in [0.2, 0.25) is 0 Å². The number of aryl methyl sites for hydroxylation is 1. The zero-order valence-electron chi connectivity index (χ0n) is 10.6. The smallest absolute Gasteiger partial charge is 0.225 e. The maximum atomic E-state index is 11.9. The van der Waals surface area contributed by atoms with Gasteiger partial charge in [0.1, 0.15) is 0 Å². The summed E-state index contributed by atoms with van der Waals surface area (Å²) in [6.07, 6.45) is 0.466. The molecule has 0 unspecified atom stereocenters. The van der Waals surface area contributed by atoms with Crippen molar-refractivity contribution in [2.24, 2.45) is 0 Å². The molecular weight excluding hydrogens is 242 g/mol. The summed E-state index contributed by atoms with van der Waals surface area (Å²) < 4.78 is 0. The number of rotatable bonds is 4. The first-order chi connectivity index (χ1) is 8.66. The van der Waals surface area contributed by atoms with E-state index in [-0.39, 0.29) is 11.9 Å². The van der Waals surface area contributed by atoms with Gasteiger partial charge in [-0.25, -0.2) is 0 Å². The van der Waals surface area contributed by atoms with Crippen LogP contribution in [0.4, 0.5) is 0 Å². The summed E-state index contributed by atoms with van der Waals surface area (Å²) >= 11 is 1.62. The van der Waals surface area contributed by atoms with Gasteiger partial charge in [0.2, 0.25) is 5.91 Å². The van der Waals surface area contributed by atoms with Crippen molar-refractivity contribution in [3.8, 4) is 0 Å². The number of nitrogens with one attached hydrogen (secondary N) is 1. The van der Waals surface area contributed by atoms with Gasteiger partial charge in [-0.2, -0.15) is 0 Å². The summed E-state index contributed by atoms with van der Waals surface area (Å²) in [5.41, 5.74) is 2.39. The molecule has 0 spiro atoms. The van der Waals surface area contributed by atoms with Gasteiger partial charge in [0, 0.05) is 4.88 Å². The van der Waals surface area contributed by atoms with Gasteiger partial charge in [0.05, 0.1) is 12.5 Å². The highest BCUT2D eigenvalue weighted by Crippen LogP contribution is 2.17. The molecular formula is C15H17NOS. The normalized spacial score (nSPS) is 12.1. The van der Waals surface area contributed by atoms with Crippen LogP contribution in [0.1, 0.15) is 29.0 Å². The Kier molecular flexibility index (Phi) is 4.15. The van der Waals surface area contributed by atoms with E-state index in [4.69, 9.17) is 0 Å². The fraction of sp³-hybridized carbons (Fsp3) is 0.267. The van der Waals surface area contributed by atoms with Crippen LogP contribution in [-0.2, 0) is 11.2 Å². The molecule has 0 fully saturated rings. The molecule has 1 heterocycles. The summed E-state index contributed by atoms with van der Waals surface area (Å²) in [7, 11) is 0. The van der Waals surface area contributed by atoms with Crippen molar-refractivity contribution in [1.29, 1.82) is 0 Å². The molecule has 3 heteroatoms. The molecule has 1 aromatic carbocycles. The Hall–Kier alpha value is -1.61. The molecule has 94 valence electrons. The third-order valence-electron chi connectivity index (χ3n) is 2.95. The van der Waals surface area contributed by atoms with Gasteiger partial charge in [-0.1, -0.05) is 30.3 Å². The average molecular weight is 259 g/mol. The van der Waals surface area contributed by atoms with Crippen LogP contribution in [0.3, 0.4) is 0 Å². The number of amides is 1. The van der Waals surface area contributed by atoms with E-state index in [1.165, 1.54) is 11.1 Å². The van der Waals surface area contributed by atoms with E-state index < -0.39 is 0 Å². The minimum absolute atomic E-state index is 0.0543. The van der Waals surface area contributed by atoms with Gasteiger partial charge in [-0.15, -0.1) is 11.3 Å². The lowest BCUT2D eigenvalue weighted by Gasteiger charge is -2.16. The zero-order valence-corrected chi connectivity index (χ0v) is 11.5. The van der Waals surface area contributed by atoms with Gasteiger partial charge in [-0.3, -0.25) is 4.79 Å². The Labute approximate surface area is 112 Å². The molecule has 2 nitrogen and oxygen atoms in total. The summed E-state index contributed by atoms with van der Waals surface area (Å²) in [6.45, 7) is 4.09. The minimum Gasteiger partial charge on any atom is -0.349 e. The maximum Gasteiger partial charge on any atom is 0.225 e. The molecule has 0 saturated carbocycles. The number of carbonyl (C=O) groups is 1. The zero-order chi connectivity index (χ0) is 13.0. The lowest BCUT2D eigenvalue weighted by molar-refractivity contribution is -0.121. The first kappa shape index (κ1) is 12.8. The molecule has 18 heavy (non-hydrogen) atoms. The minimum atomic E-state index is 0.0543. The molecule has 2 rings (SSSR count). The van der Waals surface area contributed by atoms with Crippen LogP contribution in [0.5, 0.6) is 0 Å². The standard InChI is InChI=1S/C15H17NOS/c1-11-6-3-4-8-14(11)12(2)16-15(17)10-13-7-5-9-18-13/h3-9,12H,10H2,1-2H3,(H,16,17)/t12-/m0/s1. The van der Waals surface area contributed by atoms with E-state index in [2.05, 4.69) is 24.4 Å². The molecule has 1 amide bonds. The topological polar surface area (TPSA) is 29.1 Å². The summed E-state index contributed by atoms with van der Waals surface area (Å²) in [5, 5.41) is 5.04. The summed E-state index contributed by atoms with van der Waals surface area (Å²) in [6, 6.07) is 12.2. The molecule has 1 aromatic heterocycles. The fourth-order valence-corrected chi connectivity index (χ4v) is 2.72. The van der Waals surface area contributed by atoms with E-state index in [9.17, 15) is 4.79 Å². The number of hydrogen-bond acceptors (Lipinski definition) is 2. The highest BCUT2D eigenvalue weighted by molar-refractivity contribution is 7.10. The first-order valence-electron chi connectivity index (χ1n) is 6.04. The Bertz CT molecular complexity index is 519. The van der Waals surface area contributed by atoms with Gasteiger partial charge in [0.15, 0.2) is 0 Å². The molecule has 1 N–H and O–H groups in total. The van der Waals surface area contributed by atoms with Crippen molar-refractivity contribution in [3.63, 3.8) is 0 Å². The van der Waals surface area contributed by atoms with Crippen LogP contribution in [0.25, 0.3) is 0 Å². The van der Waals surface area contributed by atoms with Gasteiger partial charge in [0.25, 0.3) is 0 Å². The Morgan fingerprint density at radius 2 is 2.06 bits per heavy atom. The highest BCUT2D eigenvalue weighted by Gasteiger charge is 2.11. The molecule has 0 bridgehead atoms. The van der Waals surface area contributed by atoms with Gasteiger partial charge < -0.3 is 5.32 Å². The molecule has 2 aromatic rings. The van der Waals surface area contributed by atoms with Gasteiger partial charge in [-0.05, 0) is 36.4 Å². The van der Waals surface area contributed by atoms with Crippen molar-refractivity contribution in [2.75, 3.05) is 0 Å². The largest absolute Gasteiger partial charge is 0.349 e. The molecule has 0 aliphatic heterocycles. The van der Waals surface area contributed by atoms with Crippen LogP contribution < -0.4 is 5.32 Å². The Morgan fingerprint density at radius 1 is 1.28 bits per heavy atom. The van der Waals surface area contributed by atoms with Crippen LogP contribution in [-0.4, -0.2) is 5.91 Å². The fourth-order valence-electron chi connectivity index (χ4n) is 2.01. The van der Waals surface area contributed by atoms with Crippen molar-refractivity contribution in [2.45, 2.75) is 26.3 Å². The predicted molar refractivity (Wildman–Crippen MR) is 75.8 cm³/mol. The van der Waals surface area contributed by atoms with Crippen LogP contribution in [0.15, 0.2) is 41.8 Å². The molecule has 0 aliphatic carbocycles. The average Bonchev–Trinajstić information content (AvgIpc) is 2.82. The Morgan fingerprint density at radius 3 is 2.72 bits per heavy atom. The van der Waals surface area contributed by atoms with E-state index in [0.29, 0.717) is 6.42 Å². The number of benzene rings is 1. The first-order valence-corrected chi connectivity index (χ1v) is 6.92. The lowest BCUT2D eigenvalue weighted by Crippen LogP contribution is -2.28. The quantitative estimate of drug-likeness (QED) is 0.895. The van der Waals surface area contributed by atoms with Crippen molar-refractivity contribution >= 4 is 17.2 Å². The number of carbonyl (C=O) groups excluding carboxylic acids is 1. The monoisotopic (exact) mass is 259 g/mol. The third-order valence-corrected chi connectivity index (χ3v) is 3.82. The number of thiophene rings is 1. The Balaban J connectivity index is 1.97. The van der Waals surface area contributed by atoms with Crippen LogP contribution >= 0.6 is 11.3 Å². The second-order valence-electron chi connectivity index (χ2n) is 4.40. The van der Waals surface area contributed by atoms with Crippen molar-refractivity contribution in [3.05, 3.63) is 57.8 Å². The van der Waals surface area contributed by atoms with E-state index in [1.54, 1.807) is 11.3 Å². The second-order valence-corrected chi connectivity index (χ2v) is 5.43. The molecule has 1 atom stereocenters. The lowest BCUT2D eigenvalue weighted by atomic mass is 10.0. The number of hydrogen-bond donors (Lipinski definition) is 1. The molecule has 0 aliphatic rings. The predicted octanol–water partition coefficient (Wildman–Crippen LogP) is 3.48. The van der Waals surface area contributed by atoms with E-state index >= 15 is 0 Å². The van der Waals surface area contributed by atoms with Crippen molar-refractivity contribution < 1.29 is 4.79 Å². The maximum absolute atomic E-state index is 11.9. The molecule has 0 saturated heterocycles. The SMILES string of the molecule is Cc1ccccc1[C@H](C)NC(=O)Cc1cccs1. The van der Waals surface area contributed by atoms with Crippen molar-refractivity contribution in [1.82, 2.24) is 5.32 Å². The summed E-state index contributed by atoms with van der Waals surface area (Å²) in [4.78, 5) is 13.0. The second kappa shape index (κ2) is 5.83. The highest BCUT2D eigenvalue weighted by atomic mass is 32.1. The van der Waals surface area contributed by atoms with E-state index in [0.717, 1.165) is 4.88 Å². The van der Waals surface area contributed by atoms with Crippen LogP contribution in [0, 0.1) is 6.92 Å². The van der Waals surface area contributed by atoms with Gasteiger partial charge >= 0.3 is 0 Å². The van der Waals surface area contributed by atoms with E-state index in [1.807, 2.05) is 36.6 Å².